The van der Waals surface area contributed by atoms with Crippen molar-refractivity contribution in [2.45, 2.75) is 25.7 Å². The van der Waals surface area contributed by atoms with Crippen LogP contribution in [-0.2, 0) is 17.6 Å². The van der Waals surface area contributed by atoms with Gasteiger partial charge in [-0.05, 0) is 85.2 Å². The van der Waals surface area contributed by atoms with Gasteiger partial charge in [0.2, 0.25) is 0 Å². The minimum atomic E-state index is -0.286. The van der Waals surface area contributed by atoms with Crippen molar-refractivity contribution in [3.05, 3.63) is 76.9 Å². The average Bonchev–Trinajstić information content (AvgIpc) is 3.43. The zero-order chi connectivity index (χ0) is 23.8. The number of amides is 1. The van der Waals surface area contributed by atoms with Crippen molar-refractivity contribution in [3.63, 3.8) is 0 Å². The number of rotatable bonds is 5. The molecule has 5 nitrogen and oxygen atoms in total. The molecular weight excluding hydrogens is 439 g/mol. The first-order valence-electron chi connectivity index (χ1n) is 12.7. The summed E-state index contributed by atoms with van der Waals surface area (Å²) < 4.78 is 13.9. The number of halogens is 1. The van der Waals surface area contributed by atoms with E-state index in [4.69, 9.17) is 0 Å². The smallest absolute Gasteiger partial charge is 0.256 e. The first kappa shape index (κ1) is 22.3. The van der Waals surface area contributed by atoms with Crippen LogP contribution in [0.1, 0.15) is 35.4 Å². The molecule has 1 fully saturated rings. The molecule has 1 aromatic heterocycles. The summed E-state index contributed by atoms with van der Waals surface area (Å²) in [7, 11) is 0. The summed E-state index contributed by atoms with van der Waals surface area (Å²) in [6.07, 6.45) is 6.56. The Labute approximate surface area is 205 Å². The van der Waals surface area contributed by atoms with E-state index in [2.05, 4.69) is 26.6 Å². The highest BCUT2D eigenvalue weighted by Gasteiger charge is 2.28. The molecule has 0 bridgehead atoms. The number of benzene rings is 2. The molecule has 2 aliphatic heterocycles. The third-order valence-electron chi connectivity index (χ3n) is 7.65. The summed E-state index contributed by atoms with van der Waals surface area (Å²) in [5.74, 6) is 0.306. The maximum Gasteiger partial charge on any atom is 0.256 e. The van der Waals surface area contributed by atoms with Crippen LogP contribution in [0, 0.1) is 11.7 Å². The van der Waals surface area contributed by atoms with E-state index in [1.54, 1.807) is 6.07 Å². The van der Waals surface area contributed by atoms with Crippen LogP contribution in [0.25, 0.3) is 22.8 Å². The largest absolute Gasteiger partial charge is 0.359 e. The fourth-order valence-electron chi connectivity index (χ4n) is 5.80. The second kappa shape index (κ2) is 9.44. The molecule has 1 unspecified atom stereocenters. The normalized spacial score (nSPS) is 21.1. The summed E-state index contributed by atoms with van der Waals surface area (Å²) in [5, 5.41) is 6.41. The number of piperazine rings is 1. The van der Waals surface area contributed by atoms with Crippen molar-refractivity contribution < 1.29 is 9.18 Å². The molecule has 3 heterocycles. The zero-order valence-corrected chi connectivity index (χ0v) is 19.9. The van der Waals surface area contributed by atoms with Crippen LogP contribution in [0.5, 0.6) is 0 Å². The number of aromatic nitrogens is 1. The number of hydrogen-bond donors (Lipinski definition) is 3. The Morgan fingerprint density at radius 1 is 1.09 bits per heavy atom. The van der Waals surface area contributed by atoms with Gasteiger partial charge in [-0.1, -0.05) is 24.3 Å². The van der Waals surface area contributed by atoms with Gasteiger partial charge in [0.1, 0.15) is 5.82 Å². The highest BCUT2D eigenvalue weighted by Crippen LogP contribution is 2.41. The van der Waals surface area contributed by atoms with E-state index < -0.39 is 0 Å². The molecule has 0 spiro atoms. The summed E-state index contributed by atoms with van der Waals surface area (Å²) in [6, 6.07) is 14.5. The fourth-order valence-corrected chi connectivity index (χ4v) is 5.80. The second-order valence-corrected chi connectivity index (χ2v) is 9.97. The van der Waals surface area contributed by atoms with Crippen LogP contribution in [-0.4, -0.2) is 48.5 Å². The van der Waals surface area contributed by atoms with E-state index in [-0.39, 0.29) is 11.7 Å². The lowest BCUT2D eigenvalue weighted by Crippen LogP contribution is -2.44. The van der Waals surface area contributed by atoms with Crippen molar-refractivity contribution in [1.29, 1.82) is 0 Å². The minimum absolute atomic E-state index is 0.120. The Balaban J connectivity index is 1.24. The van der Waals surface area contributed by atoms with Gasteiger partial charge in [0, 0.05) is 48.8 Å². The van der Waals surface area contributed by atoms with Crippen LogP contribution in [0.15, 0.2) is 48.5 Å². The fraction of sp³-hybridized carbons (Fsp3) is 0.345. The Morgan fingerprint density at radius 3 is 2.80 bits per heavy atom. The lowest BCUT2D eigenvalue weighted by atomic mass is 9.85. The van der Waals surface area contributed by atoms with Gasteiger partial charge < -0.3 is 20.5 Å². The molecule has 3 aliphatic rings. The van der Waals surface area contributed by atoms with Gasteiger partial charge in [-0.15, -0.1) is 0 Å². The lowest BCUT2D eigenvalue weighted by Gasteiger charge is -2.30. The van der Waals surface area contributed by atoms with Crippen LogP contribution in [0.2, 0.25) is 0 Å². The van der Waals surface area contributed by atoms with Gasteiger partial charge in [0.15, 0.2) is 0 Å². The predicted molar refractivity (Wildman–Crippen MR) is 139 cm³/mol. The standard InChI is InChI=1S/C29H31FN4O/c30-22-4-1-3-20(16-22)24-5-2-6-27-28(24)25(29(35)33-27)18-23-17-21-15-19(7-8-26(21)32-23)9-12-34-13-10-31-11-14-34/h1-6,16-19,31-32H,7-15H2,(H,33,35)/b25-18+. The highest BCUT2D eigenvalue weighted by atomic mass is 19.1. The molecule has 3 aromatic rings. The molecule has 3 N–H and O–H groups in total. The van der Waals surface area contributed by atoms with Crippen LogP contribution in [0.4, 0.5) is 10.1 Å². The Morgan fingerprint density at radius 2 is 1.94 bits per heavy atom. The van der Waals surface area contributed by atoms with E-state index >= 15 is 0 Å². The van der Waals surface area contributed by atoms with Crippen molar-refractivity contribution >= 4 is 23.2 Å². The van der Waals surface area contributed by atoms with Crippen LogP contribution >= 0.6 is 0 Å². The van der Waals surface area contributed by atoms with Crippen molar-refractivity contribution in [1.82, 2.24) is 15.2 Å². The molecule has 35 heavy (non-hydrogen) atoms. The molecule has 6 rings (SSSR count). The third kappa shape index (κ3) is 4.56. The summed E-state index contributed by atoms with van der Waals surface area (Å²) >= 11 is 0. The number of carbonyl (C=O) groups is 1. The van der Waals surface area contributed by atoms with E-state index in [1.807, 2.05) is 30.3 Å². The van der Waals surface area contributed by atoms with Crippen molar-refractivity contribution in [2.24, 2.45) is 5.92 Å². The number of aryl methyl sites for hydroxylation is 1. The molecular formula is C29H31FN4O. The number of H-pyrrole nitrogens is 1. The average molecular weight is 471 g/mol. The molecule has 1 amide bonds. The second-order valence-electron chi connectivity index (χ2n) is 9.97. The lowest BCUT2D eigenvalue weighted by molar-refractivity contribution is -0.110. The first-order chi connectivity index (χ1) is 17.1. The third-order valence-corrected chi connectivity index (χ3v) is 7.65. The highest BCUT2D eigenvalue weighted by molar-refractivity contribution is 6.36. The van der Waals surface area contributed by atoms with Crippen LogP contribution in [0.3, 0.4) is 0 Å². The summed E-state index contributed by atoms with van der Waals surface area (Å²) in [5.41, 5.74) is 7.49. The summed E-state index contributed by atoms with van der Waals surface area (Å²) in [6.45, 7) is 5.69. The number of aromatic amines is 1. The molecule has 6 heteroatoms. The van der Waals surface area contributed by atoms with E-state index in [9.17, 15) is 9.18 Å². The topological polar surface area (TPSA) is 60.2 Å². The van der Waals surface area contributed by atoms with E-state index in [0.29, 0.717) is 11.5 Å². The Bertz CT molecular complexity index is 1290. The Kier molecular flexibility index (Phi) is 6.00. The molecule has 0 radical (unpaired) electrons. The molecule has 2 aromatic carbocycles. The maximum atomic E-state index is 13.9. The van der Waals surface area contributed by atoms with Gasteiger partial charge in [-0.25, -0.2) is 4.39 Å². The van der Waals surface area contributed by atoms with Crippen molar-refractivity contribution in [3.8, 4) is 11.1 Å². The molecule has 0 saturated carbocycles. The number of anilines is 1. The van der Waals surface area contributed by atoms with Gasteiger partial charge in [0.25, 0.3) is 5.91 Å². The predicted octanol–water partition coefficient (Wildman–Crippen LogP) is 4.71. The molecule has 1 atom stereocenters. The van der Waals surface area contributed by atoms with E-state index in [1.165, 1.54) is 42.8 Å². The molecule has 1 aliphatic carbocycles. The summed E-state index contributed by atoms with van der Waals surface area (Å²) in [4.78, 5) is 19.1. The van der Waals surface area contributed by atoms with Crippen LogP contribution < -0.4 is 10.6 Å². The molecule has 1 saturated heterocycles. The number of carbonyl (C=O) groups excluding carboxylic acids is 1. The SMILES string of the molecule is O=C1Nc2cccc(-c3cccc(F)c3)c2/C1=C\c1cc2c([nH]1)CCC(CCN1CCNCC1)C2. The van der Waals surface area contributed by atoms with Gasteiger partial charge in [0.05, 0.1) is 5.57 Å². The maximum absolute atomic E-state index is 13.9. The number of nitrogens with zero attached hydrogens (tertiary/aromatic N) is 1. The molecule has 180 valence electrons. The van der Waals surface area contributed by atoms with Gasteiger partial charge >= 0.3 is 0 Å². The van der Waals surface area contributed by atoms with Gasteiger partial charge in [-0.3, -0.25) is 4.79 Å². The van der Waals surface area contributed by atoms with Crippen molar-refractivity contribution in [2.75, 3.05) is 38.0 Å². The van der Waals surface area contributed by atoms with Gasteiger partial charge in [-0.2, -0.15) is 0 Å². The number of hydrogen-bond acceptors (Lipinski definition) is 3. The quantitative estimate of drug-likeness (QED) is 0.473. The number of fused-ring (bicyclic) bond motifs is 2. The Hall–Kier alpha value is -3.22. The zero-order valence-electron chi connectivity index (χ0n) is 19.9. The van der Waals surface area contributed by atoms with E-state index in [0.717, 1.165) is 67.1 Å². The minimum Gasteiger partial charge on any atom is -0.359 e. The first-order valence-corrected chi connectivity index (χ1v) is 12.7. The monoisotopic (exact) mass is 470 g/mol. The number of nitrogens with one attached hydrogen (secondary N) is 3.